The van der Waals surface area contributed by atoms with E-state index in [1.165, 1.54) is 43.4 Å². The molecule has 0 saturated carbocycles. The third-order valence-corrected chi connectivity index (χ3v) is 4.70. The summed E-state index contributed by atoms with van der Waals surface area (Å²) in [5.41, 5.74) is 8.93. The van der Waals surface area contributed by atoms with Crippen LogP contribution in [0.25, 0.3) is 0 Å². The van der Waals surface area contributed by atoms with E-state index in [9.17, 15) is 0 Å². The van der Waals surface area contributed by atoms with Gasteiger partial charge in [0.1, 0.15) is 5.84 Å². The predicted octanol–water partition coefficient (Wildman–Crippen LogP) is 3.49. The van der Waals surface area contributed by atoms with E-state index in [0.717, 1.165) is 25.3 Å². The van der Waals surface area contributed by atoms with Crippen LogP contribution in [0.1, 0.15) is 44.6 Å². The molecule has 2 aliphatic rings. The molecular formula is C19H28N4. The van der Waals surface area contributed by atoms with Gasteiger partial charge >= 0.3 is 0 Å². The van der Waals surface area contributed by atoms with Gasteiger partial charge in [-0.25, -0.2) is 4.99 Å². The van der Waals surface area contributed by atoms with Crippen molar-refractivity contribution in [3.8, 4) is 0 Å². The van der Waals surface area contributed by atoms with E-state index >= 15 is 0 Å². The largest absolute Gasteiger partial charge is 0.344 e. The fourth-order valence-corrected chi connectivity index (χ4v) is 3.34. The molecule has 124 valence electrons. The summed E-state index contributed by atoms with van der Waals surface area (Å²) < 4.78 is 0. The smallest absolute Gasteiger partial charge is 0.175 e. The van der Waals surface area contributed by atoms with Gasteiger partial charge in [0.2, 0.25) is 0 Å². The van der Waals surface area contributed by atoms with E-state index in [-0.39, 0.29) is 6.29 Å². The minimum atomic E-state index is -0.256. The van der Waals surface area contributed by atoms with Crippen LogP contribution in [0.3, 0.4) is 0 Å². The van der Waals surface area contributed by atoms with Gasteiger partial charge in [0.05, 0.1) is 0 Å². The minimum Gasteiger partial charge on any atom is -0.344 e. The molecule has 4 nitrogen and oxygen atoms in total. The van der Waals surface area contributed by atoms with E-state index in [4.69, 9.17) is 10.7 Å². The summed E-state index contributed by atoms with van der Waals surface area (Å²) in [6.45, 7) is 4.23. The first-order valence-corrected chi connectivity index (χ1v) is 8.92. The Bertz CT molecular complexity index is 578. The highest BCUT2D eigenvalue weighted by molar-refractivity contribution is 6.07. The fraction of sp³-hybridized carbons (Fsp3) is 0.526. The topological polar surface area (TPSA) is 44.9 Å². The number of para-hydroxylation sites is 1. The third kappa shape index (κ3) is 3.75. The molecule has 1 aromatic carbocycles. The fourth-order valence-electron chi connectivity index (χ4n) is 3.34. The van der Waals surface area contributed by atoms with Gasteiger partial charge in [-0.1, -0.05) is 50.8 Å². The van der Waals surface area contributed by atoms with Crippen molar-refractivity contribution in [3.63, 3.8) is 0 Å². The Morgan fingerprint density at radius 3 is 2.83 bits per heavy atom. The van der Waals surface area contributed by atoms with Crippen LogP contribution in [0.5, 0.6) is 0 Å². The zero-order valence-corrected chi connectivity index (χ0v) is 14.1. The van der Waals surface area contributed by atoms with Gasteiger partial charge in [-0.05, 0) is 30.5 Å². The number of hydrogen-bond donors (Lipinski definition) is 1. The Morgan fingerprint density at radius 2 is 2.00 bits per heavy atom. The van der Waals surface area contributed by atoms with Crippen LogP contribution in [-0.2, 0) is 6.42 Å². The molecule has 0 aromatic heterocycles. The zero-order chi connectivity index (χ0) is 16.1. The maximum atomic E-state index is 6.26. The summed E-state index contributed by atoms with van der Waals surface area (Å²) in [4.78, 5) is 9.15. The van der Waals surface area contributed by atoms with Gasteiger partial charge in [-0.2, -0.15) is 0 Å². The molecule has 2 N–H and O–H groups in total. The molecule has 0 saturated heterocycles. The van der Waals surface area contributed by atoms with Crippen molar-refractivity contribution >= 4 is 11.5 Å². The lowest BCUT2D eigenvalue weighted by atomic mass is 10.1. The van der Waals surface area contributed by atoms with Crippen LogP contribution in [0.4, 0.5) is 5.69 Å². The van der Waals surface area contributed by atoms with E-state index in [1.54, 1.807) is 0 Å². The number of benzene rings is 1. The zero-order valence-electron chi connectivity index (χ0n) is 14.1. The molecular weight excluding hydrogens is 284 g/mol. The van der Waals surface area contributed by atoms with Crippen LogP contribution < -0.4 is 10.6 Å². The lowest BCUT2D eigenvalue weighted by molar-refractivity contribution is 0.278. The Hall–Kier alpha value is -1.81. The third-order valence-electron chi connectivity index (χ3n) is 4.70. The number of anilines is 1. The number of aliphatic imine (C=N–C) groups is 1. The lowest BCUT2D eigenvalue weighted by Gasteiger charge is -2.31. The summed E-state index contributed by atoms with van der Waals surface area (Å²) in [7, 11) is 0. The highest BCUT2D eigenvalue weighted by Gasteiger charge is 2.24. The highest BCUT2D eigenvalue weighted by Crippen LogP contribution is 2.28. The maximum absolute atomic E-state index is 6.26. The van der Waals surface area contributed by atoms with E-state index < -0.39 is 0 Å². The first-order valence-electron chi connectivity index (χ1n) is 8.92. The summed E-state index contributed by atoms with van der Waals surface area (Å²) in [5.74, 6) is 0.990. The molecule has 2 heterocycles. The Morgan fingerprint density at radius 1 is 1.17 bits per heavy atom. The average molecular weight is 312 g/mol. The Balaban J connectivity index is 1.56. The van der Waals surface area contributed by atoms with Crippen molar-refractivity contribution in [3.05, 3.63) is 42.1 Å². The highest BCUT2D eigenvalue weighted by atomic mass is 15.3. The number of fused-ring (bicyclic) bond motifs is 1. The second kappa shape index (κ2) is 7.64. The van der Waals surface area contributed by atoms with Crippen molar-refractivity contribution in [1.82, 2.24) is 4.90 Å². The quantitative estimate of drug-likeness (QED) is 0.818. The number of rotatable bonds is 6. The molecule has 0 fully saturated rings. The monoisotopic (exact) mass is 312 g/mol. The molecule has 2 aliphatic heterocycles. The second-order valence-electron chi connectivity index (χ2n) is 6.40. The summed E-state index contributed by atoms with van der Waals surface area (Å²) in [5, 5.41) is 0. The van der Waals surface area contributed by atoms with Gasteiger partial charge in [0, 0.05) is 25.0 Å². The second-order valence-corrected chi connectivity index (χ2v) is 6.40. The summed E-state index contributed by atoms with van der Waals surface area (Å²) in [6, 6.07) is 8.56. The molecule has 23 heavy (non-hydrogen) atoms. The van der Waals surface area contributed by atoms with Gasteiger partial charge in [-0.3, -0.25) is 5.73 Å². The number of unbranched alkanes of at least 4 members (excludes halogenated alkanes) is 4. The predicted molar refractivity (Wildman–Crippen MR) is 97.5 cm³/mol. The van der Waals surface area contributed by atoms with Gasteiger partial charge < -0.3 is 9.80 Å². The number of amidine groups is 1. The van der Waals surface area contributed by atoms with E-state index in [2.05, 4.69) is 53.3 Å². The average Bonchev–Trinajstić information content (AvgIpc) is 3.00. The molecule has 0 radical (unpaired) electrons. The van der Waals surface area contributed by atoms with Gasteiger partial charge in [0.15, 0.2) is 6.29 Å². The van der Waals surface area contributed by atoms with Crippen molar-refractivity contribution in [2.75, 3.05) is 18.0 Å². The first-order chi connectivity index (χ1) is 11.3. The van der Waals surface area contributed by atoms with Crippen LogP contribution in [0.15, 0.2) is 41.5 Å². The molecule has 1 aromatic rings. The molecule has 1 unspecified atom stereocenters. The number of nitrogens with two attached hydrogens (primary N) is 1. The van der Waals surface area contributed by atoms with E-state index in [0.29, 0.717) is 0 Å². The Labute approximate surface area is 139 Å². The normalized spacial score (nSPS) is 19.9. The van der Waals surface area contributed by atoms with Crippen molar-refractivity contribution in [2.24, 2.45) is 10.7 Å². The maximum Gasteiger partial charge on any atom is 0.175 e. The molecule has 0 bridgehead atoms. The Kier molecular flexibility index (Phi) is 5.34. The minimum absolute atomic E-state index is 0.256. The van der Waals surface area contributed by atoms with E-state index in [1.807, 2.05) is 0 Å². The summed E-state index contributed by atoms with van der Waals surface area (Å²) >= 11 is 0. The molecule has 1 atom stereocenters. The van der Waals surface area contributed by atoms with Crippen molar-refractivity contribution in [2.45, 2.75) is 51.7 Å². The molecule has 0 aliphatic carbocycles. The standard InChI is InChI=1S/C19H28N4/c1-2-3-4-5-8-13-22-14-12-18(21-19(22)20)23-15-11-16-9-6-7-10-17(16)23/h6-7,9-10,12,14,19H,2-5,8,11,13,15,20H2,1H3. The number of hydrogen-bond acceptors (Lipinski definition) is 4. The van der Waals surface area contributed by atoms with Gasteiger partial charge in [0.25, 0.3) is 0 Å². The van der Waals surface area contributed by atoms with Crippen LogP contribution >= 0.6 is 0 Å². The molecule has 4 heteroatoms. The molecule has 3 rings (SSSR count). The molecule has 0 amide bonds. The van der Waals surface area contributed by atoms with Crippen molar-refractivity contribution < 1.29 is 0 Å². The lowest BCUT2D eigenvalue weighted by Crippen LogP contribution is -2.43. The van der Waals surface area contributed by atoms with Crippen molar-refractivity contribution in [1.29, 1.82) is 0 Å². The molecule has 0 spiro atoms. The van der Waals surface area contributed by atoms with Crippen LogP contribution in [-0.4, -0.2) is 30.1 Å². The van der Waals surface area contributed by atoms with Crippen LogP contribution in [0.2, 0.25) is 0 Å². The first kappa shape index (κ1) is 16.1. The number of nitrogens with zero attached hydrogens (tertiary/aromatic N) is 3. The van der Waals surface area contributed by atoms with Crippen LogP contribution in [0, 0.1) is 0 Å². The SMILES string of the molecule is CCCCCCCN1C=CC(N2CCc3ccccc32)=NC1N. The van der Waals surface area contributed by atoms with Gasteiger partial charge in [-0.15, -0.1) is 0 Å². The summed E-state index contributed by atoms with van der Waals surface area (Å²) in [6.07, 6.45) is 11.5.